The second-order valence-corrected chi connectivity index (χ2v) is 7.26. The molecule has 1 saturated heterocycles. The van der Waals surface area contributed by atoms with Gasteiger partial charge in [-0.3, -0.25) is 14.5 Å². The van der Waals surface area contributed by atoms with Crippen LogP contribution < -0.4 is 0 Å². The predicted molar refractivity (Wildman–Crippen MR) is 102 cm³/mol. The van der Waals surface area contributed by atoms with Crippen LogP contribution in [0.1, 0.15) is 31.7 Å². The van der Waals surface area contributed by atoms with E-state index in [4.69, 9.17) is 28.6 Å². The van der Waals surface area contributed by atoms with Crippen molar-refractivity contribution in [2.45, 2.75) is 26.2 Å². The molecular weight excluding hydrogens is 366 g/mol. The third-order valence-electron chi connectivity index (χ3n) is 3.30. The van der Waals surface area contributed by atoms with Gasteiger partial charge < -0.3 is 4.74 Å². The molecule has 0 unspecified atom stereocenters. The highest BCUT2D eigenvalue weighted by molar-refractivity contribution is 8.26. The third-order valence-corrected chi connectivity index (χ3v) is 5.02. The van der Waals surface area contributed by atoms with Crippen LogP contribution >= 0.6 is 35.6 Å². The van der Waals surface area contributed by atoms with Crippen molar-refractivity contribution in [2.24, 2.45) is 0 Å². The number of amides is 1. The highest BCUT2D eigenvalue weighted by Gasteiger charge is 2.31. The van der Waals surface area contributed by atoms with Crippen molar-refractivity contribution in [1.82, 2.24) is 4.90 Å². The van der Waals surface area contributed by atoms with Crippen molar-refractivity contribution in [2.75, 3.05) is 13.2 Å². The van der Waals surface area contributed by atoms with Crippen molar-refractivity contribution >= 4 is 57.9 Å². The summed E-state index contributed by atoms with van der Waals surface area (Å²) in [5.74, 6) is -0.388. The maximum atomic E-state index is 12.5. The van der Waals surface area contributed by atoms with Gasteiger partial charge in [-0.2, -0.15) is 0 Å². The van der Waals surface area contributed by atoms with Gasteiger partial charge in [-0.15, -0.1) is 0 Å². The predicted octanol–water partition coefficient (Wildman–Crippen LogP) is 4.27. The Bertz CT molecular complexity index is 676. The van der Waals surface area contributed by atoms with E-state index >= 15 is 0 Å². The third kappa shape index (κ3) is 5.06. The van der Waals surface area contributed by atoms with E-state index in [-0.39, 0.29) is 18.3 Å². The molecule has 0 spiro atoms. The summed E-state index contributed by atoms with van der Waals surface area (Å²) < 4.78 is 5.52. The summed E-state index contributed by atoms with van der Waals surface area (Å²) in [6.45, 7) is 2.78. The van der Waals surface area contributed by atoms with Crippen LogP contribution in [-0.4, -0.2) is 34.2 Å². The monoisotopic (exact) mass is 383 g/mol. The average Bonchev–Trinajstić information content (AvgIpc) is 2.82. The molecule has 0 aromatic heterocycles. The van der Waals surface area contributed by atoms with Gasteiger partial charge >= 0.3 is 5.97 Å². The van der Waals surface area contributed by atoms with Gasteiger partial charge in [0.2, 0.25) is 0 Å². The first kappa shape index (κ1) is 19.0. The number of carbonyl (C=O) groups is 2. The molecule has 2 rings (SSSR count). The summed E-state index contributed by atoms with van der Waals surface area (Å²) in [5.41, 5.74) is 0.780. The number of thiocarbonyl (C=S) groups is 1. The summed E-state index contributed by atoms with van der Waals surface area (Å²) in [6, 6.07) is 7.32. The summed E-state index contributed by atoms with van der Waals surface area (Å²) in [4.78, 5) is 26.0. The second kappa shape index (κ2) is 9.20. The summed E-state index contributed by atoms with van der Waals surface area (Å²) >= 11 is 12.6. The molecule has 1 aliphatic heterocycles. The van der Waals surface area contributed by atoms with Crippen LogP contribution in [0.4, 0.5) is 0 Å². The topological polar surface area (TPSA) is 46.6 Å². The van der Waals surface area contributed by atoms with E-state index in [0.717, 1.165) is 12.0 Å². The fourth-order valence-corrected chi connectivity index (χ4v) is 3.59. The molecule has 0 aliphatic carbocycles. The largest absolute Gasteiger partial charge is 0.466 e. The van der Waals surface area contributed by atoms with E-state index in [9.17, 15) is 9.59 Å². The van der Waals surface area contributed by atoms with Gasteiger partial charge in [0.05, 0.1) is 11.5 Å². The Labute approximate surface area is 156 Å². The average molecular weight is 384 g/mol. The Morgan fingerprint density at radius 3 is 2.88 bits per heavy atom. The molecule has 0 atom stereocenters. The van der Waals surface area contributed by atoms with Crippen LogP contribution in [-0.2, 0) is 14.3 Å². The first-order valence-electron chi connectivity index (χ1n) is 7.68. The van der Waals surface area contributed by atoms with Crippen molar-refractivity contribution in [3.63, 3.8) is 0 Å². The lowest BCUT2D eigenvalue weighted by Crippen LogP contribution is -2.29. The Hall–Kier alpha value is -1.37. The molecule has 128 valence electrons. The van der Waals surface area contributed by atoms with Crippen LogP contribution in [0.5, 0.6) is 0 Å². The molecule has 1 fully saturated rings. The number of esters is 1. The van der Waals surface area contributed by atoms with E-state index < -0.39 is 0 Å². The second-order valence-electron chi connectivity index (χ2n) is 5.18. The maximum Gasteiger partial charge on any atom is 0.305 e. The summed E-state index contributed by atoms with van der Waals surface area (Å²) in [6.07, 6.45) is 3.35. The summed E-state index contributed by atoms with van der Waals surface area (Å²) in [7, 11) is 0. The zero-order valence-corrected chi connectivity index (χ0v) is 15.7. The molecule has 0 radical (unpaired) electrons. The number of benzene rings is 1. The van der Waals surface area contributed by atoms with E-state index in [1.54, 1.807) is 12.1 Å². The molecule has 7 heteroatoms. The molecule has 1 heterocycles. The Morgan fingerprint density at radius 2 is 2.17 bits per heavy atom. The van der Waals surface area contributed by atoms with E-state index in [1.165, 1.54) is 16.7 Å². The van der Waals surface area contributed by atoms with Crippen molar-refractivity contribution < 1.29 is 14.3 Å². The van der Waals surface area contributed by atoms with Gasteiger partial charge in [0.25, 0.3) is 5.91 Å². The number of hydrogen-bond donors (Lipinski definition) is 0. The SMILES string of the molecule is CCCOC(=O)CCCN1C(=O)C(=Cc2ccccc2Cl)SC1=S. The van der Waals surface area contributed by atoms with Gasteiger partial charge in [-0.05, 0) is 30.5 Å². The lowest BCUT2D eigenvalue weighted by Gasteiger charge is -2.13. The van der Waals surface area contributed by atoms with Crippen LogP contribution in [0.15, 0.2) is 29.2 Å². The van der Waals surface area contributed by atoms with Gasteiger partial charge in [0, 0.05) is 18.0 Å². The van der Waals surface area contributed by atoms with E-state index in [1.807, 2.05) is 25.1 Å². The zero-order chi connectivity index (χ0) is 17.5. The van der Waals surface area contributed by atoms with Gasteiger partial charge in [0.15, 0.2) is 0 Å². The molecule has 1 aromatic rings. The van der Waals surface area contributed by atoms with Crippen molar-refractivity contribution in [3.8, 4) is 0 Å². The van der Waals surface area contributed by atoms with Gasteiger partial charge in [-0.25, -0.2) is 0 Å². The zero-order valence-electron chi connectivity index (χ0n) is 13.3. The Morgan fingerprint density at radius 1 is 1.42 bits per heavy atom. The lowest BCUT2D eigenvalue weighted by molar-refractivity contribution is -0.144. The standard InChI is InChI=1S/C17H18ClNO3S2/c1-2-10-22-15(20)8-5-9-19-16(21)14(24-17(19)23)11-12-6-3-4-7-13(12)18/h3-4,6-7,11H,2,5,8-10H2,1H3. The fraction of sp³-hybridized carbons (Fsp3) is 0.353. The van der Waals surface area contributed by atoms with Crippen LogP contribution in [0.2, 0.25) is 5.02 Å². The van der Waals surface area contributed by atoms with Crippen LogP contribution in [0.3, 0.4) is 0 Å². The molecular formula is C17H18ClNO3S2. The molecule has 0 N–H and O–H groups in total. The molecule has 24 heavy (non-hydrogen) atoms. The highest BCUT2D eigenvalue weighted by atomic mass is 35.5. The minimum atomic E-state index is -0.242. The Balaban J connectivity index is 1.94. The minimum Gasteiger partial charge on any atom is -0.466 e. The number of carbonyl (C=O) groups excluding carboxylic acids is 2. The normalized spacial score (nSPS) is 16.1. The van der Waals surface area contributed by atoms with E-state index in [0.29, 0.717) is 33.8 Å². The van der Waals surface area contributed by atoms with Crippen molar-refractivity contribution in [3.05, 3.63) is 39.8 Å². The van der Waals surface area contributed by atoms with Crippen LogP contribution in [0, 0.1) is 0 Å². The van der Waals surface area contributed by atoms with E-state index in [2.05, 4.69) is 0 Å². The fourth-order valence-electron chi connectivity index (χ4n) is 2.10. The maximum absolute atomic E-state index is 12.5. The number of halogens is 1. The molecule has 0 bridgehead atoms. The quantitative estimate of drug-likeness (QED) is 0.399. The highest BCUT2D eigenvalue weighted by Crippen LogP contribution is 2.33. The minimum absolute atomic E-state index is 0.146. The molecule has 1 amide bonds. The van der Waals surface area contributed by atoms with Gasteiger partial charge in [0.1, 0.15) is 4.32 Å². The first-order chi connectivity index (χ1) is 11.5. The molecule has 1 aliphatic rings. The number of nitrogens with zero attached hydrogens (tertiary/aromatic N) is 1. The molecule has 4 nitrogen and oxygen atoms in total. The smallest absolute Gasteiger partial charge is 0.305 e. The number of hydrogen-bond acceptors (Lipinski definition) is 5. The first-order valence-corrected chi connectivity index (χ1v) is 9.28. The Kier molecular flexibility index (Phi) is 7.27. The molecule has 0 saturated carbocycles. The number of thioether (sulfide) groups is 1. The number of ether oxygens (including phenoxy) is 1. The van der Waals surface area contributed by atoms with Gasteiger partial charge in [-0.1, -0.05) is 60.7 Å². The van der Waals surface area contributed by atoms with Crippen LogP contribution in [0.25, 0.3) is 6.08 Å². The molecule has 1 aromatic carbocycles. The number of rotatable bonds is 7. The lowest BCUT2D eigenvalue weighted by atomic mass is 10.2. The van der Waals surface area contributed by atoms with Crippen molar-refractivity contribution in [1.29, 1.82) is 0 Å². The summed E-state index contributed by atoms with van der Waals surface area (Å²) in [5, 5.41) is 0.585.